The van der Waals surface area contributed by atoms with Gasteiger partial charge in [-0.2, -0.15) is 5.10 Å². The fourth-order valence-corrected chi connectivity index (χ4v) is 1.73. The average molecular weight is 262 g/mol. The van der Waals surface area contributed by atoms with Crippen LogP contribution in [-0.2, 0) is 7.05 Å². The molecule has 0 amide bonds. The van der Waals surface area contributed by atoms with Crippen molar-refractivity contribution in [1.82, 2.24) is 14.8 Å². The number of aryl methyl sites for hydroxylation is 2. The highest BCUT2D eigenvalue weighted by Crippen LogP contribution is 2.26. The van der Waals surface area contributed by atoms with Crippen molar-refractivity contribution in [3.8, 4) is 11.6 Å². The van der Waals surface area contributed by atoms with Crippen molar-refractivity contribution in [2.24, 2.45) is 12.8 Å². The summed E-state index contributed by atoms with van der Waals surface area (Å²) >= 11 is 4.89. The molecule has 0 saturated carbocycles. The van der Waals surface area contributed by atoms with Crippen molar-refractivity contribution >= 4 is 17.2 Å². The molecular formula is C12H14N4OS. The van der Waals surface area contributed by atoms with Crippen molar-refractivity contribution in [1.29, 1.82) is 0 Å². The Bertz CT molecular complexity index is 606. The van der Waals surface area contributed by atoms with E-state index in [2.05, 4.69) is 10.1 Å². The third-order valence-corrected chi connectivity index (χ3v) is 2.83. The van der Waals surface area contributed by atoms with Gasteiger partial charge in [0, 0.05) is 13.1 Å². The van der Waals surface area contributed by atoms with Gasteiger partial charge in [-0.25, -0.2) is 4.98 Å². The first-order valence-electron chi connectivity index (χ1n) is 5.44. The predicted octanol–water partition coefficient (Wildman–Crippen LogP) is 1.86. The summed E-state index contributed by atoms with van der Waals surface area (Å²) in [6.45, 7) is 3.83. The summed E-state index contributed by atoms with van der Waals surface area (Å²) in [5.74, 6) is 1.17. The third kappa shape index (κ3) is 2.33. The van der Waals surface area contributed by atoms with Gasteiger partial charge in [-0.05, 0) is 19.9 Å². The van der Waals surface area contributed by atoms with Crippen LogP contribution in [0.3, 0.4) is 0 Å². The Morgan fingerprint density at radius 2 is 2.11 bits per heavy atom. The minimum Gasteiger partial charge on any atom is -0.435 e. The van der Waals surface area contributed by atoms with Crippen molar-refractivity contribution in [3.63, 3.8) is 0 Å². The van der Waals surface area contributed by atoms with E-state index in [1.54, 1.807) is 22.9 Å². The van der Waals surface area contributed by atoms with Crippen LogP contribution in [0.1, 0.15) is 17.1 Å². The zero-order valence-electron chi connectivity index (χ0n) is 10.5. The Balaban J connectivity index is 2.34. The average Bonchev–Trinajstić information content (AvgIpc) is 2.56. The maximum Gasteiger partial charge on any atom is 0.220 e. The third-order valence-electron chi connectivity index (χ3n) is 2.63. The van der Waals surface area contributed by atoms with E-state index in [0.29, 0.717) is 17.3 Å². The van der Waals surface area contributed by atoms with Gasteiger partial charge in [0.15, 0.2) is 5.75 Å². The molecule has 2 aromatic heterocycles. The zero-order valence-corrected chi connectivity index (χ0v) is 11.3. The molecule has 2 N–H and O–H groups in total. The van der Waals surface area contributed by atoms with Crippen LogP contribution in [0.15, 0.2) is 18.2 Å². The molecule has 0 spiro atoms. The predicted molar refractivity (Wildman–Crippen MR) is 72.9 cm³/mol. The molecule has 94 valence electrons. The monoisotopic (exact) mass is 262 g/mol. The summed E-state index contributed by atoms with van der Waals surface area (Å²) in [6.07, 6.45) is 0. The largest absolute Gasteiger partial charge is 0.435 e. The number of ether oxygens (including phenoxy) is 1. The van der Waals surface area contributed by atoms with Gasteiger partial charge in [-0.15, -0.1) is 0 Å². The van der Waals surface area contributed by atoms with Gasteiger partial charge in [0.05, 0.1) is 5.69 Å². The molecular weight excluding hydrogens is 248 g/mol. The molecule has 0 radical (unpaired) electrons. The second kappa shape index (κ2) is 4.73. The molecule has 2 heterocycles. The highest BCUT2D eigenvalue weighted by atomic mass is 32.1. The molecule has 0 atom stereocenters. The molecule has 0 aliphatic heterocycles. The van der Waals surface area contributed by atoms with Crippen molar-refractivity contribution in [2.75, 3.05) is 0 Å². The van der Waals surface area contributed by atoms with E-state index >= 15 is 0 Å². The van der Waals surface area contributed by atoms with Crippen molar-refractivity contribution < 1.29 is 4.74 Å². The summed E-state index contributed by atoms with van der Waals surface area (Å²) in [4.78, 5) is 4.48. The first-order valence-corrected chi connectivity index (χ1v) is 5.84. The lowest BCUT2D eigenvalue weighted by molar-refractivity contribution is 0.455. The number of pyridine rings is 1. The summed E-state index contributed by atoms with van der Waals surface area (Å²) in [6, 6.07) is 5.31. The van der Waals surface area contributed by atoms with Crippen LogP contribution in [0, 0.1) is 13.8 Å². The van der Waals surface area contributed by atoms with E-state index in [1.165, 1.54) is 0 Å². The highest BCUT2D eigenvalue weighted by molar-refractivity contribution is 7.80. The van der Waals surface area contributed by atoms with Crippen LogP contribution in [0.5, 0.6) is 11.6 Å². The molecule has 6 heteroatoms. The summed E-state index contributed by atoms with van der Waals surface area (Å²) in [5.41, 5.74) is 7.84. The Labute approximate surface area is 111 Å². The van der Waals surface area contributed by atoms with Gasteiger partial charge >= 0.3 is 0 Å². The number of hydrogen-bond acceptors (Lipinski definition) is 4. The quantitative estimate of drug-likeness (QED) is 0.855. The summed E-state index contributed by atoms with van der Waals surface area (Å²) < 4.78 is 7.51. The first-order chi connectivity index (χ1) is 8.49. The van der Waals surface area contributed by atoms with Gasteiger partial charge in [0.2, 0.25) is 5.88 Å². The normalized spacial score (nSPS) is 10.4. The Kier molecular flexibility index (Phi) is 3.29. The zero-order chi connectivity index (χ0) is 13.3. The fourth-order valence-electron chi connectivity index (χ4n) is 1.62. The summed E-state index contributed by atoms with van der Waals surface area (Å²) in [7, 11) is 1.87. The first kappa shape index (κ1) is 12.5. The van der Waals surface area contributed by atoms with E-state index in [9.17, 15) is 0 Å². The van der Waals surface area contributed by atoms with E-state index in [-0.39, 0.29) is 4.99 Å². The molecule has 2 rings (SSSR count). The van der Waals surface area contributed by atoms with Crippen LogP contribution in [0.4, 0.5) is 0 Å². The van der Waals surface area contributed by atoms with Crippen molar-refractivity contribution in [2.45, 2.75) is 13.8 Å². The van der Waals surface area contributed by atoms with Gasteiger partial charge in [0.1, 0.15) is 16.4 Å². The Morgan fingerprint density at radius 1 is 1.39 bits per heavy atom. The second-order valence-corrected chi connectivity index (χ2v) is 4.39. The number of nitrogens with two attached hydrogens (primary N) is 1. The Morgan fingerprint density at radius 3 is 2.67 bits per heavy atom. The molecule has 0 aliphatic rings. The molecule has 0 fully saturated rings. The minimum absolute atomic E-state index is 0.250. The van der Waals surface area contributed by atoms with Gasteiger partial charge < -0.3 is 10.5 Å². The minimum atomic E-state index is 0.250. The van der Waals surface area contributed by atoms with Crippen molar-refractivity contribution in [3.05, 3.63) is 35.3 Å². The van der Waals surface area contributed by atoms with Gasteiger partial charge in [0.25, 0.3) is 0 Å². The lowest BCUT2D eigenvalue weighted by Gasteiger charge is -2.06. The number of aromatic nitrogens is 3. The smallest absolute Gasteiger partial charge is 0.220 e. The highest BCUT2D eigenvalue weighted by Gasteiger charge is 2.12. The maximum absolute atomic E-state index is 5.74. The molecule has 5 nitrogen and oxygen atoms in total. The number of nitrogens with zero attached hydrogens (tertiary/aromatic N) is 3. The SMILES string of the molecule is Cc1nn(C)c(C)c1Oc1cccc(C(N)=S)n1. The van der Waals surface area contributed by atoms with E-state index in [0.717, 1.165) is 11.4 Å². The standard InChI is InChI=1S/C12H14N4OS/c1-7-11(8(2)16(3)15-7)17-10-6-4-5-9(14-10)12(13)18/h4-6H,1-3H3,(H2,13,18). The molecule has 0 aromatic carbocycles. The molecule has 18 heavy (non-hydrogen) atoms. The number of thiocarbonyl (C=S) groups is 1. The topological polar surface area (TPSA) is 66.0 Å². The van der Waals surface area contributed by atoms with Crippen LogP contribution >= 0.6 is 12.2 Å². The maximum atomic E-state index is 5.74. The van der Waals surface area contributed by atoms with Gasteiger partial charge in [-0.3, -0.25) is 4.68 Å². The van der Waals surface area contributed by atoms with Gasteiger partial charge in [-0.1, -0.05) is 18.3 Å². The molecule has 0 aliphatic carbocycles. The van der Waals surface area contributed by atoms with Crippen LogP contribution in [0.2, 0.25) is 0 Å². The fraction of sp³-hybridized carbons (Fsp3) is 0.250. The molecule has 0 unspecified atom stereocenters. The lowest BCUT2D eigenvalue weighted by Crippen LogP contribution is -2.11. The summed E-state index contributed by atoms with van der Waals surface area (Å²) in [5, 5.41) is 4.28. The second-order valence-electron chi connectivity index (χ2n) is 3.95. The van der Waals surface area contributed by atoms with E-state index in [1.807, 2.05) is 20.9 Å². The van der Waals surface area contributed by atoms with E-state index < -0.39 is 0 Å². The van der Waals surface area contributed by atoms with E-state index in [4.69, 9.17) is 22.7 Å². The van der Waals surface area contributed by atoms with Crippen LogP contribution < -0.4 is 10.5 Å². The number of rotatable bonds is 3. The molecule has 2 aromatic rings. The van der Waals surface area contributed by atoms with Crippen LogP contribution in [-0.4, -0.2) is 19.8 Å². The Hall–Kier alpha value is -1.95. The lowest BCUT2D eigenvalue weighted by atomic mass is 10.3. The molecule has 0 bridgehead atoms. The number of hydrogen-bond donors (Lipinski definition) is 1. The van der Waals surface area contributed by atoms with Crippen LogP contribution in [0.25, 0.3) is 0 Å². The molecule has 0 saturated heterocycles.